The fraction of sp³-hybridized carbons (Fsp3) is 0.929. The highest BCUT2D eigenvalue weighted by atomic mass is 16.5. The first-order chi connectivity index (χ1) is 9.29. The Morgan fingerprint density at radius 2 is 1.95 bits per heavy atom. The van der Waals surface area contributed by atoms with E-state index in [-0.39, 0.29) is 11.8 Å². The molecule has 1 N–H and O–H groups in total. The van der Waals surface area contributed by atoms with Gasteiger partial charge in [0.2, 0.25) is 5.91 Å². The van der Waals surface area contributed by atoms with Gasteiger partial charge in [-0.15, -0.1) is 0 Å². The third-order valence-electron chi connectivity index (χ3n) is 4.21. The third kappa shape index (κ3) is 4.75. The van der Waals surface area contributed by atoms with Crippen LogP contribution in [0.2, 0.25) is 0 Å². The number of amides is 1. The molecule has 0 aromatic carbocycles. The predicted octanol–water partition coefficient (Wildman–Crippen LogP) is 0.640. The number of nitrogens with one attached hydrogen (secondary N) is 1. The molecule has 0 spiro atoms. The van der Waals surface area contributed by atoms with Gasteiger partial charge in [-0.2, -0.15) is 0 Å². The van der Waals surface area contributed by atoms with Crippen LogP contribution in [0.15, 0.2) is 0 Å². The molecule has 5 heteroatoms. The van der Waals surface area contributed by atoms with Gasteiger partial charge in [0.05, 0.1) is 19.3 Å². The van der Waals surface area contributed by atoms with Gasteiger partial charge in [0.1, 0.15) is 0 Å². The molecule has 0 bridgehead atoms. The van der Waals surface area contributed by atoms with Crippen molar-refractivity contribution in [3.63, 3.8) is 0 Å². The second-order valence-corrected chi connectivity index (χ2v) is 5.45. The molecule has 0 aromatic heterocycles. The lowest BCUT2D eigenvalue weighted by Gasteiger charge is -2.28. The quantitative estimate of drug-likeness (QED) is 0.796. The number of hydrogen-bond acceptors (Lipinski definition) is 4. The fourth-order valence-electron chi connectivity index (χ4n) is 2.87. The number of ether oxygens (including phenoxy) is 2. The number of nitrogens with zero attached hydrogens (tertiary/aromatic N) is 1. The largest absolute Gasteiger partial charge is 0.381 e. The zero-order chi connectivity index (χ0) is 13.5. The van der Waals surface area contributed by atoms with E-state index in [2.05, 4.69) is 10.2 Å². The van der Waals surface area contributed by atoms with E-state index in [1.54, 1.807) is 7.11 Å². The van der Waals surface area contributed by atoms with Crippen LogP contribution in [-0.4, -0.2) is 63.4 Å². The number of carbonyl (C=O) groups is 1. The monoisotopic (exact) mass is 270 g/mol. The lowest BCUT2D eigenvalue weighted by Crippen LogP contribution is -2.43. The Labute approximate surface area is 115 Å². The minimum absolute atomic E-state index is 0.191. The maximum Gasteiger partial charge on any atom is 0.223 e. The summed E-state index contributed by atoms with van der Waals surface area (Å²) >= 11 is 0. The lowest BCUT2D eigenvalue weighted by atomic mass is 9.87. The van der Waals surface area contributed by atoms with Crippen molar-refractivity contribution in [2.24, 2.45) is 5.92 Å². The molecule has 2 rings (SSSR count). The Morgan fingerprint density at radius 1 is 1.26 bits per heavy atom. The van der Waals surface area contributed by atoms with Crippen molar-refractivity contribution in [2.45, 2.75) is 31.8 Å². The Hall–Kier alpha value is -0.650. The van der Waals surface area contributed by atoms with Crippen molar-refractivity contribution in [2.75, 3.05) is 46.5 Å². The van der Waals surface area contributed by atoms with Gasteiger partial charge in [-0.25, -0.2) is 0 Å². The first-order valence-corrected chi connectivity index (χ1v) is 7.40. The number of morpholine rings is 1. The Bertz CT molecular complexity index is 272. The summed E-state index contributed by atoms with van der Waals surface area (Å²) in [5.41, 5.74) is 0. The van der Waals surface area contributed by atoms with Crippen LogP contribution in [0.25, 0.3) is 0 Å². The van der Waals surface area contributed by atoms with Gasteiger partial charge in [-0.3, -0.25) is 9.69 Å². The van der Waals surface area contributed by atoms with E-state index in [4.69, 9.17) is 9.47 Å². The summed E-state index contributed by atoms with van der Waals surface area (Å²) in [5, 5.41) is 3.07. The molecule has 0 radical (unpaired) electrons. The van der Waals surface area contributed by atoms with E-state index in [9.17, 15) is 4.79 Å². The molecule has 1 amide bonds. The second-order valence-electron chi connectivity index (χ2n) is 5.45. The molecule has 19 heavy (non-hydrogen) atoms. The highest BCUT2D eigenvalue weighted by Crippen LogP contribution is 2.25. The molecule has 0 aromatic rings. The number of rotatable bonds is 5. The van der Waals surface area contributed by atoms with Crippen LogP contribution in [0.1, 0.15) is 25.7 Å². The minimum Gasteiger partial charge on any atom is -0.381 e. The SMILES string of the molecule is COC1CCC(C(=O)NCCN2CCOCC2)CC1. The minimum atomic E-state index is 0.191. The molecule has 2 aliphatic rings. The number of hydrogen-bond donors (Lipinski definition) is 1. The summed E-state index contributed by atoms with van der Waals surface area (Å²) in [7, 11) is 1.76. The molecule has 0 atom stereocenters. The van der Waals surface area contributed by atoms with Crippen molar-refractivity contribution in [1.29, 1.82) is 0 Å². The van der Waals surface area contributed by atoms with Crippen LogP contribution in [0, 0.1) is 5.92 Å². The molecule has 1 aliphatic carbocycles. The van der Waals surface area contributed by atoms with E-state index >= 15 is 0 Å². The van der Waals surface area contributed by atoms with Crippen LogP contribution in [0.4, 0.5) is 0 Å². The highest BCUT2D eigenvalue weighted by Gasteiger charge is 2.25. The molecular formula is C14H26N2O3. The standard InChI is InChI=1S/C14H26N2O3/c1-18-13-4-2-12(3-5-13)14(17)15-6-7-16-8-10-19-11-9-16/h12-13H,2-11H2,1H3,(H,15,17). The summed E-state index contributed by atoms with van der Waals surface area (Å²) < 4.78 is 10.6. The van der Waals surface area contributed by atoms with Crippen molar-refractivity contribution in [1.82, 2.24) is 10.2 Å². The molecule has 1 aliphatic heterocycles. The molecular weight excluding hydrogens is 244 g/mol. The predicted molar refractivity (Wildman–Crippen MR) is 73.0 cm³/mol. The summed E-state index contributed by atoms with van der Waals surface area (Å²) in [6, 6.07) is 0. The molecule has 1 saturated heterocycles. The smallest absolute Gasteiger partial charge is 0.223 e. The normalized spacial score (nSPS) is 29.1. The van der Waals surface area contributed by atoms with Gasteiger partial charge in [-0.1, -0.05) is 0 Å². The fourth-order valence-corrected chi connectivity index (χ4v) is 2.87. The van der Waals surface area contributed by atoms with Gasteiger partial charge in [0, 0.05) is 39.2 Å². The van der Waals surface area contributed by atoms with Crippen molar-refractivity contribution in [3.8, 4) is 0 Å². The maximum atomic E-state index is 12.0. The van der Waals surface area contributed by atoms with Gasteiger partial charge in [-0.05, 0) is 25.7 Å². The van der Waals surface area contributed by atoms with Crippen LogP contribution in [0.3, 0.4) is 0 Å². The molecule has 0 unspecified atom stereocenters. The maximum absolute atomic E-state index is 12.0. The number of methoxy groups -OCH3 is 1. The van der Waals surface area contributed by atoms with E-state index in [1.165, 1.54) is 0 Å². The van der Waals surface area contributed by atoms with Gasteiger partial charge < -0.3 is 14.8 Å². The third-order valence-corrected chi connectivity index (χ3v) is 4.21. The van der Waals surface area contributed by atoms with E-state index in [1.807, 2.05) is 0 Å². The first-order valence-electron chi connectivity index (χ1n) is 7.40. The summed E-state index contributed by atoms with van der Waals surface area (Å²) in [6.07, 6.45) is 4.30. The van der Waals surface area contributed by atoms with Crippen molar-refractivity contribution >= 4 is 5.91 Å². The second kappa shape index (κ2) is 7.82. The van der Waals surface area contributed by atoms with Crippen LogP contribution in [-0.2, 0) is 14.3 Å². The Balaban J connectivity index is 1.59. The van der Waals surface area contributed by atoms with Crippen LogP contribution >= 0.6 is 0 Å². The molecule has 1 saturated carbocycles. The van der Waals surface area contributed by atoms with Gasteiger partial charge in [0.15, 0.2) is 0 Å². The molecule has 5 nitrogen and oxygen atoms in total. The average molecular weight is 270 g/mol. The van der Waals surface area contributed by atoms with E-state index < -0.39 is 0 Å². The highest BCUT2D eigenvalue weighted by molar-refractivity contribution is 5.78. The first kappa shape index (κ1) is 14.8. The Kier molecular flexibility index (Phi) is 6.07. The lowest BCUT2D eigenvalue weighted by molar-refractivity contribution is -0.126. The molecule has 110 valence electrons. The van der Waals surface area contributed by atoms with Gasteiger partial charge >= 0.3 is 0 Å². The summed E-state index contributed by atoms with van der Waals surface area (Å²) in [5.74, 6) is 0.416. The molecule has 1 heterocycles. The zero-order valence-electron chi connectivity index (χ0n) is 11.9. The summed E-state index contributed by atoms with van der Waals surface area (Å²) in [4.78, 5) is 14.4. The average Bonchev–Trinajstić information content (AvgIpc) is 2.48. The van der Waals surface area contributed by atoms with Crippen LogP contribution in [0.5, 0.6) is 0 Å². The Morgan fingerprint density at radius 3 is 2.58 bits per heavy atom. The van der Waals surface area contributed by atoms with E-state index in [0.29, 0.717) is 6.10 Å². The topological polar surface area (TPSA) is 50.8 Å². The van der Waals surface area contributed by atoms with Crippen molar-refractivity contribution < 1.29 is 14.3 Å². The zero-order valence-corrected chi connectivity index (χ0v) is 11.9. The van der Waals surface area contributed by atoms with Crippen LogP contribution < -0.4 is 5.32 Å². The van der Waals surface area contributed by atoms with Crippen molar-refractivity contribution in [3.05, 3.63) is 0 Å². The number of carbonyl (C=O) groups excluding carboxylic acids is 1. The molecule has 2 fully saturated rings. The van der Waals surface area contributed by atoms with E-state index in [0.717, 1.165) is 65.1 Å². The summed E-state index contributed by atoms with van der Waals surface area (Å²) in [6.45, 7) is 5.28. The van der Waals surface area contributed by atoms with Gasteiger partial charge in [0.25, 0.3) is 0 Å².